The van der Waals surface area contributed by atoms with Crippen LogP contribution in [0.4, 0.5) is 17.1 Å². The van der Waals surface area contributed by atoms with Gasteiger partial charge in [0.1, 0.15) is 5.75 Å². The minimum Gasteiger partial charge on any atom is -0.490 e. The first kappa shape index (κ1) is 49.0. The number of anilines is 3. The van der Waals surface area contributed by atoms with Crippen molar-refractivity contribution >= 4 is 28.9 Å². The Bertz CT molecular complexity index is 1530. The Morgan fingerprint density at radius 3 is 1.29 bits per heavy atom. The van der Waals surface area contributed by atoms with E-state index in [-0.39, 0.29) is 5.91 Å². The largest absolute Gasteiger partial charge is 0.490 e. The third-order valence-electron chi connectivity index (χ3n) is 10.6. The lowest BCUT2D eigenvalue weighted by Gasteiger charge is -2.19. The van der Waals surface area contributed by atoms with Crippen LogP contribution in [0.25, 0.3) is 0 Å². The van der Waals surface area contributed by atoms with Gasteiger partial charge in [-0.2, -0.15) is 0 Å². The zero-order chi connectivity index (χ0) is 42.3. The highest BCUT2D eigenvalue weighted by Crippen LogP contribution is 2.40. The Kier molecular flexibility index (Phi) is 25.4. The molecule has 0 heterocycles. The maximum absolute atomic E-state index is 13.7. The monoisotopic (exact) mass is 816 g/mol. The van der Waals surface area contributed by atoms with Crippen LogP contribution in [0.2, 0.25) is 0 Å². The predicted octanol–water partition coefficient (Wildman–Crippen LogP) is 13.9. The fourth-order valence-electron chi connectivity index (χ4n) is 7.08. The number of hydrogen-bond donors (Lipinski definition) is 3. The van der Waals surface area contributed by atoms with Crippen molar-refractivity contribution < 1.29 is 28.5 Å². The van der Waals surface area contributed by atoms with Crippen molar-refractivity contribution in [1.29, 1.82) is 0 Å². The van der Waals surface area contributed by atoms with E-state index in [1.807, 2.05) is 0 Å². The van der Waals surface area contributed by atoms with Crippen LogP contribution in [0, 0.1) is 0 Å². The van der Waals surface area contributed by atoms with Crippen LogP contribution in [0.15, 0.2) is 54.6 Å². The minimum atomic E-state index is -0.541. The summed E-state index contributed by atoms with van der Waals surface area (Å²) in [6.45, 7) is 8.33. The van der Waals surface area contributed by atoms with E-state index in [1.165, 1.54) is 116 Å². The summed E-state index contributed by atoms with van der Waals surface area (Å²) >= 11 is 0. The van der Waals surface area contributed by atoms with Gasteiger partial charge in [0, 0.05) is 22.6 Å². The van der Waals surface area contributed by atoms with Gasteiger partial charge in [0.2, 0.25) is 5.75 Å². The molecule has 59 heavy (non-hydrogen) atoms. The molecule has 9 heteroatoms. The molecule has 328 valence electrons. The van der Waals surface area contributed by atoms with Crippen molar-refractivity contribution in [2.24, 2.45) is 0 Å². The molecular formula is C50H77N3O6. The average molecular weight is 816 g/mol. The predicted molar refractivity (Wildman–Crippen MR) is 245 cm³/mol. The maximum Gasteiger partial charge on any atom is 0.343 e. The Hall–Kier alpha value is -4.40. The van der Waals surface area contributed by atoms with E-state index in [0.29, 0.717) is 71.0 Å². The molecule has 3 rings (SSSR count). The Labute approximate surface area is 356 Å². The molecule has 3 aromatic carbocycles. The van der Waals surface area contributed by atoms with Crippen LogP contribution in [0.3, 0.4) is 0 Å². The number of nitrogens with one attached hydrogen (secondary N) is 1. The van der Waals surface area contributed by atoms with Gasteiger partial charge in [-0.3, -0.25) is 4.79 Å². The van der Waals surface area contributed by atoms with E-state index in [9.17, 15) is 9.59 Å². The van der Waals surface area contributed by atoms with Crippen molar-refractivity contribution in [3.63, 3.8) is 0 Å². The number of esters is 1. The summed E-state index contributed by atoms with van der Waals surface area (Å²) in [6.07, 6.45) is 28.8. The van der Waals surface area contributed by atoms with E-state index >= 15 is 0 Å². The summed E-state index contributed by atoms with van der Waals surface area (Å²) in [5.41, 5.74) is 13.8. The molecule has 0 unspecified atom stereocenters. The molecule has 0 aliphatic rings. The summed E-state index contributed by atoms with van der Waals surface area (Å²) in [4.78, 5) is 26.6. The number of carbonyl (C=O) groups is 2. The van der Waals surface area contributed by atoms with Gasteiger partial charge in [0.15, 0.2) is 11.5 Å². The van der Waals surface area contributed by atoms with Gasteiger partial charge in [-0.05, 0) is 73.9 Å². The van der Waals surface area contributed by atoms with Crippen molar-refractivity contribution in [1.82, 2.24) is 0 Å². The van der Waals surface area contributed by atoms with E-state index < -0.39 is 5.97 Å². The number of carbonyl (C=O) groups excluding carboxylic acids is 2. The van der Waals surface area contributed by atoms with E-state index in [0.717, 1.165) is 38.5 Å². The van der Waals surface area contributed by atoms with Crippen molar-refractivity contribution in [3.8, 4) is 23.0 Å². The van der Waals surface area contributed by atoms with Crippen LogP contribution in [0.1, 0.15) is 196 Å². The lowest BCUT2D eigenvalue weighted by atomic mass is 10.1. The number of benzene rings is 3. The molecule has 5 N–H and O–H groups in total. The summed E-state index contributed by atoms with van der Waals surface area (Å²) < 4.78 is 25.2. The molecule has 1 amide bonds. The molecule has 9 nitrogen and oxygen atoms in total. The molecule has 0 bridgehead atoms. The number of nitrogen functional groups attached to an aromatic ring is 2. The molecule has 3 aromatic rings. The zero-order valence-electron chi connectivity index (χ0n) is 36.9. The molecule has 0 aromatic heterocycles. The molecule has 0 aliphatic carbocycles. The minimum absolute atomic E-state index is 0.318. The van der Waals surface area contributed by atoms with Crippen LogP contribution >= 0.6 is 0 Å². The molecule has 0 aliphatic heterocycles. The number of amides is 1. The lowest BCUT2D eigenvalue weighted by Crippen LogP contribution is -2.13. The summed E-state index contributed by atoms with van der Waals surface area (Å²) in [5.74, 6) is 1.02. The Balaban J connectivity index is 1.73. The van der Waals surface area contributed by atoms with Gasteiger partial charge in [-0.1, -0.05) is 156 Å². The summed E-state index contributed by atoms with van der Waals surface area (Å²) in [7, 11) is 0. The molecular weight excluding hydrogens is 739 g/mol. The van der Waals surface area contributed by atoms with Gasteiger partial charge in [-0.15, -0.1) is 0 Å². The highest BCUT2D eigenvalue weighted by molar-refractivity contribution is 6.05. The van der Waals surface area contributed by atoms with Crippen molar-refractivity contribution in [2.45, 2.75) is 175 Å². The average Bonchev–Trinajstić information content (AvgIpc) is 3.22. The molecule has 0 fully saturated rings. The number of rotatable bonds is 34. The second kappa shape index (κ2) is 30.6. The van der Waals surface area contributed by atoms with Gasteiger partial charge in [0.05, 0.1) is 25.4 Å². The van der Waals surface area contributed by atoms with E-state index in [1.54, 1.807) is 54.6 Å². The van der Waals surface area contributed by atoms with Crippen molar-refractivity contribution in [2.75, 3.05) is 36.6 Å². The molecule has 0 radical (unpaired) electrons. The smallest absolute Gasteiger partial charge is 0.343 e. The number of nitrogens with two attached hydrogens (primary N) is 2. The fourth-order valence-corrected chi connectivity index (χ4v) is 7.08. The first-order valence-electron chi connectivity index (χ1n) is 23.2. The number of unbranched alkanes of at least 4 members (excludes halogenated alkanes) is 21. The highest BCUT2D eigenvalue weighted by atomic mass is 16.5. The molecule has 0 atom stereocenters. The standard InChI is InChI=1S/C50H77N3O6/c1-4-7-10-13-16-19-22-25-32-56-46-37-41(50(55)59-45-30-28-44(29-31-45)53-49(54)40-35-42(51)39-43(52)36-40)38-47(57-33-26-23-20-17-14-11-8-5-2)48(46)58-34-27-24-21-18-15-12-9-6-3/h28-31,35-39H,4-27,32-34,51-52H2,1-3H3,(H,53,54). The quantitative estimate of drug-likeness (QED) is 0.0235. The third-order valence-corrected chi connectivity index (χ3v) is 10.6. The first-order chi connectivity index (χ1) is 28.8. The van der Waals surface area contributed by atoms with E-state index in [2.05, 4.69) is 26.1 Å². The van der Waals surface area contributed by atoms with Crippen LogP contribution < -0.4 is 35.7 Å². The second-order valence-electron chi connectivity index (χ2n) is 16.0. The van der Waals surface area contributed by atoms with Crippen LogP contribution in [0.5, 0.6) is 23.0 Å². The SMILES string of the molecule is CCCCCCCCCCOc1cc(C(=O)Oc2ccc(NC(=O)c3cc(N)cc(N)c3)cc2)cc(OCCCCCCCCCC)c1OCCCCCCCCCC. The van der Waals surface area contributed by atoms with Gasteiger partial charge < -0.3 is 35.7 Å². The highest BCUT2D eigenvalue weighted by Gasteiger charge is 2.21. The number of ether oxygens (including phenoxy) is 4. The zero-order valence-corrected chi connectivity index (χ0v) is 36.9. The van der Waals surface area contributed by atoms with Gasteiger partial charge >= 0.3 is 5.97 Å². The number of hydrogen-bond acceptors (Lipinski definition) is 8. The van der Waals surface area contributed by atoms with Crippen LogP contribution in [-0.2, 0) is 0 Å². The second-order valence-corrected chi connectivity index (χ2v) is 16.0. The lowest BCUT2D eigenvalue weighted by molar-refractivity contribution is 0.0733. The summed E-state index contributed by atoms with van der Waals surface area (Å²) in [5, 5.41) is 2.83. The van der Waals surface area contributed by atoms with Crippen LogP contribution in [-0.4, -0.2) is 31.7 Å². The first-order valence-corrected chi connectivity index (χ1v) is 23.2. The fraction of sp³-hybridized carbons (Fsp3) is 0.600. The normalized spacial score (nSPS) is 11.0. The van der Waals surface area contributed by atoms with Gasteiger partial charge in [0.25, 0.3) is 5.91 Å². The topological polar surface area (TPSA) is 135 Å². The van der Waals surface area contributed by atoms with E-state index in [4.69, 9.17) is 30.4 Å². The third kappa shape index (κ3) is 20.9. The van der Waals surface area contributed by atoms with Crippen molar-refractivity contribution in [3.05, 3.63) is 65.7 Å². The van der Waals surface area contributed by atoms with Gasteiger partial charge in [-0.25, -0.2) is 4.79 Å². The Morgan fingerprint density at radius 2 is 0.864 bits per heavy atom. The summed E-state index contributed by atoms with van der Waals surface area (Å²) in [6, 6.07) is 14.8. The Morgan fingerprint density at radius 1 is 0.475 bits per heavy atom. The molecule has 0 spiro atoms. The maximum atomic E-state index is 13.7. The molecule has 0 saturated heterocycles. The molecule has 0 saturated carbocycles.